The van der Waals surface area contributed by atoms with Crippen LogP contribution in [0, 0.1) is 11.3 Å². The standard InChI is InChI=1S/C7H12N2O/c1-10-7-4-6(5-7)9-3-2-8/h6-7,9H,3-5H2,1H3. The second-order valence-electron chi connectivity index (χ2n) is 2.57. The van der Waals surface area contributed by atoms with E-state index in [2.05, 4.69) is 5.32 Å². The highest BCUT2D eigenvalue weighted by Gasteiger charge is 2.27. The predicted octanol–water partition coefficient (Wildman–Crippen LogP) is 0.277. The lowest BCUT2D eigenvalue weighted by molar-refractivity contribution is 0.0186. The summed E-state index contributed by atoms with van der Waals surface area (Å²) < 4.78 is 5.07. The Morgan fingerprint density at radius 1 is 1.70 bits per heavy atom. The van der Waals surface area contributed by atoms with Gasteiger partial charge < -0.3 is 10.1 Å². The maximum atomic E-state index is 8.21. The van der Waals surface area contributed by atoms with E-state index in [-0.39, 0.29) is 0 Å². The van der Waals surface area contributed by atoms with Crippen molar-refractivity contribution < 1.29 is 4.74 Å². The van der Waals surface area contributed by atoms with Crippen LogP contribution in [0.15, 0.2) is 0 Å². The lowest BCUT2D eigenvalue weighted by Crippen LogP contribution is -2.45. The first-order valence-electron chi connectivity index (χ1n) is 3.50. The molecule has 10 heavy (non-hydrogen) atoms. The number of hydrogen-bond donors (Lipinski definition) is 1. The van der Waals surface area contributed by atoms with E-state index in [0.29, 0.717) is 18.7 Å². The highest BCUT2D eigenvalue weighted by Crippen LogP contribution is 2.21. The van der Waals surface area contributed by atoms with E-state index in [1.807, 2.05) is 6.07 Å². The van der Waals surface area contributed by atoms with E-state index in [1.165, 1.54) is 0 Å². The molecule has 1 saturated carbocycles. The van der Waals surface area contributed by atoms with Crippen molar-refractivity contribution >= 4 is 0 Å². The number of rotatable bonds is 3. The summed E-state index contributed by atoms with van der Waals surface area (Å²) >= 11 is 0. The Kier molecular flexibility index (Phi) is 2.67. The van der Waals surface area contributed by atoms with Crippen molar-refractivity contribution in [3.05, 3.63) is 0 Å². The van der Waals surface area contributed by atoms with Crippen molar-refractivity contribution in [2.75, 3.05) is 13.7 Å². The molecule has 1 aliphatic rings. The quantitative estimate of drug-likeness (QED) is 0.572. The van der Waals surface area contributed by atoms with Gasteiger partial charge in [0.1, 0.15) is 0 Å². The van der Waals surface area contributed by atoms with Crippen molar-refractivity contribution in [2.24, 2.45) is 0 Å². The second kappa shape index (κ2) is 3.55. The average Bonchev–Trinajstić information content (AvgIpc) is 1.86. The summed E-state index contributed by atoms with van der Waals surface area (Å²) in [5.41, 5.74) is 0. The molecule has 0 saturated heterocycles. The molecule has 56 valence electrons. The lowest BCUT2D eigenvalue weighted by atomic mass is 9.89. The Hall–Kier alpha value is -0.590. The van der Waals surface area contributed by atoms with Gasteiger partial charge in [-0.1, -0.05) is 0 Å². The van der Waals surface area contributed by atoms with Gasteiger partial charge in [-0.25, -0.2) is 0 Å². The first-order valence-corrected chi connectivity index (χ1v) is 3.50. The fourth-order valence-electron chi connectivity index (χ4n) is 1.11. The van der Waals surface area contributed by atoms with Gasteiger partial charge in [-0.15, -0.1) is 0 Å². The van der Waals surface area contributed by atoms with E-state index < -0.39 is 0 Å². The third kappa shape index (κ3) is 1.69. The highest BCUT2D eigenvalue weighted by atomic mass is 16.5. The molecular formula is C7H12N2O. The molecule has 0 spiro atoms. The number of nitrogens with one attached hydrogen (secondary N) is 1. The van der Waals surface area contributed by atoms with Gasteiger partial charge in [0.15, 0.2) is 0 Å². The van der Waals surface area contributed by atoms with Crippen molar-refractivity contribution in [3.63, 3.8) is 0 Å². The summed E-state index contributed by atoms with van der Waals surface area (Å²) in [6, 6.07) is 2.57. The van der Waals surface area contributed by atoms with Crippen molar-refractivity contribution in [1.82, 2.24) is 5.32 Å². The Balaban J connectivity index is 1.99. The minimum atomic E-state index is 0.427. The van der Waals surface area contributed by atoms with Crippen LogP contribution in [0.25, 0.3) is 0 Å². The molecule has 1 aliphatic carbocycles. The predicted molar refractivity (Wildman–Crippen MR) is 37.4 cm³/mol. The fraction of sp³-hybridized carbons (Fsp3) is 0.857. The smallest absolute Gasteiger partial charge is 0.0843 e. The molecule has 0 heterocycles. The van der Waals surface area contributed by atoms with Gasteiger partial charge >= 0.3 is 0 Å². The first-order chi connectivity index (χ1) is 4.86. The topological polar surface area (TPSA) is 45.0 Å². The maximum Gasteiger partial charge on any atom is 0.0843 e. The van der Waals surface area contributed by atoms with Crippen LogP contribution in [0.5, 0.6) is 0 Å². The summed E-state index contributed by atoms with van der Waals surface area (Å²) in [4.78, 5) is 0. The second-order valence-corrected chi connectivity index (χ2v) is 2.57. The zero-order valence-corrected chi connectivity index (χ0v) is 6.13. The molecule has 0 unspecified atom stereocenters. The Morgan fingerprint density at radius 2 is 2.40 bits per heavy atom. The molecule has 1 fully saturated rings. The molecule has 0 aromatic carbocycles. The van der Waals surface area contributed by atoms with Gasteiger partial charge in [0, 0.05) is 13.2 Å². The molecular weight excluding hydrogens is 128 g/mol. The van der Waals surface area contributed by atoms with Crippen molar-refractivity contribution in [3.8, 4) is 6.07 Å². The van der Waals surface area contributed by atoms with Gasteiger partial charge in [-0.3, -0.25) is 0 Å². The normalized spacial score (nSPS) is 30.8. The number of nitriles is 1. The first kappa shape index (κ1) is 7.52. The van der Waals surface area contributed by atoms with E-state index in [1.54, 1.807) is 7.11 Å². The SMILES string of the molecule is COC1CC(NCC#N)C1. The van der Waals surface area contributed by atoms with Crippen molar-refractivity contribution in [2.45, 2.75) is 25.0 Å². The number of ether oxygens (including phenoxy) is 1. The van der Waals surface area contributed by atoms with Gasteiger partial charge in [-0.05, 0) is 12.8 Å². The van der Waals surface area contributed by atoms with E-state index in [9.17, 15) is 0 Å². The lowest BCUT2D eigenvalue weighted by Gasteiger charge is -2.34. The molecule has 0 amide bonds. The van der Waals surface area contributed by atoms with Crippen molar-refractivity contribution in [1.29, 1.82) is 5.26 Å². The molecule has 0 bridgehead atoms. The summed E-state index contributed by atoms with van der Waals surface area (Å²) in [5, 5.41) is 11.3. The summed E-state index contributed by atoms with van der Waals surface area (Å²) in [7, 11) is 1.73. The molecule has 3 heteroatoms. The van der Waals surface area contributed by atoms with Gasteiger partial charge in [-0.2, -0.15) is 5.26 Å². The van der Waals surface area contributed by atoms with E-state index >= 15 is 0 Å². The van der Waals surface area contributed by atoms with E-state index in [0.717, 1.165) is 12.8 Å². The van der Waals surface area contributed by atoms with Crippen LogP contribution in [0.2, 0.25) is 0 Å². The summed E-state index contributed by atoms with van der Waals surface area (Å²) in [6.07, 6.45) is 2.53. The van der Waals surface area contributed by atoms with Crippen LogP contribution >= 0.6 is 0 Å². The Morgan fingerprint density at radius 3 is 2.90 bits per heavy atom. The maximum absolute atomic E-state index is 8.21. The molecule has 1 N–H and O–H groups in total. The summed E-state index contributed by atoms with van der Waals surface area (Å²) in [6.45, 7) is 0.459. The molecule has 0 aromatic heterocycles. The molecule has 3 nitrogen and oxygen atoms in total. The highest BCUT2D eigenvalue weighted by molar-refractivity contribution is 4.88. The van der Waals surface area contributed by atoms with E-state index in [4.69, 9.17) is 10.00 Å². The minimum absolute atomic E-state index is 0.427. The number of hydrogen-bond acceptors (Lipinski definition) is 3. The zero-order chi connectivity index (χ0) is 7.40. The van der Waals surface area contributed by atoms with Crippen LogP contribution in [-0.2, 0) is 4.74 Å². The Labute approximate surface area is 61.0 Å². The van der Waals surface area contributed by atoms with Gasteiger partial charge in [0.2, 0.25) is 0 Å². The van der Waals surface area contributed by atoms with Crippen LogP contribution in [-0.4, -0.2) is 25.8 Å². The average molecular weight is 140 g/mol. The van der Waals surface area contributed by atoms with Crippen LogP contribution in [0.4, 0.5) is 0 Å². The number of methoxy groups -OCH3 is 1. The monoisotopic (exact) mass is 140 g/mol. The van der Waals surface area contributed by atoms with Crippen LogP contribution < -0.4 is 5.32 Å². The van der Waals surface area contributed by atoms with Gasteiger partial charge in [0.25, 0.3) is 0 Å². The Bertz CT molecular complexity index is 135. The molecule has 1 rings (SSSR count). The number of nitrogens with zero attached hydrogens (tertiary/aromatic N) is 1. The molecule has 0 radical (unpaired) electrons. The third-order valence-corrected chi connectivity index (χ3v) is 1.90. The molecule has 0 aromatic rings. The largest absolute Gasteiger partial charge is 0.381 e. The van der Waals surface area contributed by atoms with Crippen LogP contribution in [0.3, 0.4) is 0 Å². The molecule has 0 atom stereocenters. The fourth-order valence-corrected chi connectivity index (χ4v) is 1.11. The van der Waals surface area contributed by atoms with Crippen LogP contribution in [0.1, 0.15) is 12.8 Å². The molecule has 0 aliphatic heterocycles. The summed E-state index contributed by atoms with van der Waals surface area (Å²) in [5.74, 6) is 0. The zero-order valence-electron chi connectivity index (χ0n) is 6.13. The third-order valence-electron chi connectivity index (χ3n) is 1.90. The van der Waals surface area contributed by atoms with Gasteiger partial charge in [0.05, 0.1) is 18.7 Å². The minimum Gasteiger partial charge on any atom is -0.381 e.